The van der Waals surface area contributed by atoms with E-state index in [0.717, 1.165) is 30.3 Å². The monoisotopic (exact) mass is 269 g/mol. The van der Waals surface area contributed by atoms with Crippen molar-refractivity contribution in [1.82, 2.24) is 5.32 Å². The van der Waals surface area contributed by atoms with Crippen LogP contribution in [0.3, 0.4) is 0 Å². The van der Waals surface area contributed by atoms with Gasteiger partial charge in [-0.3, -0.25) is 0 Å². The van der Waals surface area contributed by atoms with Gasteiger partial charge in [0, 0.05) is 17.8 Å². The smallest absolute Gasteiger partial charge is 0.131 e. The second kappa shape index (κ2) is 7.07. The number of fused-ring (bicyclic) bond motifs is 1. The Labute approximate surface area is 120 Å². The second-order valence-electron chi connectivity index (χ2n) is 4.82. The van der Waals surface area contributed by atoms with E-state index in [2.05, 4.69) is 24.1 Å². The van der Waals surface area contributed by atoms with E-state index in [1.807, 2.05) is 37.3 Å². The van der Waals surface area contributed by atoms with E-state index in [1.165, 1.54) is 0 Å². The van der Waals surface area contributed by atoms with E-state index in [-0.39, 0.29) is 11.9 Å². The van der Waals surface area contributed by atoms with Gasteiger partial charge >= 0.3 is 0 Å². The van der Waals surface area contributed by atoms with Crippen molar-refractivity contribution >= 4 is 10.8 Å². The van der Waals surface area contributed by atoms with Crippen LogP contribution in [0.2, 0.25) is 0 Å². The Hall–Kier alpha value is -1.85. The van der Waals surface area contributed by atoms with E-state index < -0.39 is 0 Å². The van der Waals surface area contributed by atoms with Crippen molar-refractivity contribution < 1.29 is 4.39 Å². The molecule has 0 radical (unpaired) electrons. The molecule has 20 heavy (non-hydrogen) atoms. The molecule has 0 heterocycles. The summed E-state index contributed by atoms with van der Waals surface area (Å²) in [5, 5.41) is 5.16. The summed E-state index contributed by atoms with van der Waals surface area (Å²) in [5.41, 5.74) is 1.12. The summed E-state index contributed by atoms with van der Waals surface area (Å²) in [6.45, 7) is 4.92. The highest BCUT2D eigenvalue weighted by molar-refractivity contribution is 5.86. The highest BCUT2D eigenvalue weighted by atomic mass is 19.1. The van der Waals surface area contributed by atoms with Gasteiger partial charge in [0.15, 0.2) is 0 Å². The molecular formula is C18H20FN. The number of hydrogen-bond donors (Lipinski definition) is 1. The summed E-state index contributed by atoms with van der Waals surface area (Å²) in [6.07, 6.45) is 1.81. The molecule has 0 saturated carbocycles. The molecule has 1 unspecified atom stereocenters. The lowest BCUT2D eigenvalue weighted by Gasteiger charge is -2.19. The van der Waals surface area contributed by atoms with Crippen molar-refractivity contribution in [3.63, 3.8) is 0 Å². The van der Waals surface area contributed by atoms with Crippen LogP contribution in [-0.4, -0.2) is 6.54 Å². The van der Waals surface area contributed by atoms with E-state index in [1.54, 1.807) is 6.07 Å². The van der Waals surface area contributed by atoms with E-state index in [4.69, 9.17) is 0 Å². The van der Waals surface area contributed by atoms with Crippen LogP contribution in [0.5, 0.6) is 0 Å². The van der Waals surface area contributed by atoms with Crippen LogP contribution in [0.4, 0.5) is 4.39 Å². The molecule has 1 atom stereocenters. The highest BCUT2D eigenvalue weighted by Crippen LogP contribution is 2.28. The third kappa shape index (κ3) is 3.18. The normalized spacial score (nSPS) is 11.9. The van der Waals surface area contributed by atoms with Crippen molar-refractivity contribution in [3.05, 3.63) is 47.8 Å². The van der Waals surface area contributed by atoms with E-state index >= 15 is 0 Å². The molecule has 0 aliphatic rings. The molecule has 2 heteroatoms. The Kier molecular flexibility index (Phi) is 5.15. The fourth-order valence-electron chi connectivity index (χ4n) is 2.40. The van der Waals surface area contributed by atoms with Gasteiger partial charge in [-0.05, 0) is 36.9 Å². The molecule has 0 spiro atoms. The number of rotatable bonds is 5. The van der Waals surface area contributed by atoms with Crippen LogP contribution in [0.1, 0.15) is 38.3 Å². The van der Waals surface area contributed by atoms with Crippen molar-refractivity contribution in [3.8, 4) is 11.8 Å². The van der Waals surface area contributed by atoms with Gasteiger partial charge in [-0.2, -0.15) is 0 Å². The van der Waals surface area contributed by atoms with Gasteiger partial charge in [0.2, 0.25) is 0 Å². The first kappa shape index (κ1) is 14.6. The number of halogens is 1. The molecule has 2 rings (SSSR count). The zero-order chi connectivity index (χ0) is 14.4. The van der Waals surface area contributed by atoms with Crippen LogP contribution in [0, 0.1) is 17.7 Å². The molecule has 1 N–H and O–H groups in total. The molecule has 0 amide bonds. The summed E-state index contributed by atoms with van der Waals surface area (Å²) >= 11 is 0. The first-order valence-corrected chi connectivity index (χ1v) is 7.08. The van der Waals surface area contributed by atoms with Crippen LogP contribution in [0.15, 0.2) is 36.4 Å². The SMILES string of the molecule is CC#CCC(NCCC)c1ccc(F)c2ccccc12. The average Bonchev–Trinajstić information content (AvgIpc) is 2.49. The Morgan fingerprint density at radius 3 is 2.60 bits per heavy atom. The molecule has 2 aromatic rings. The Bertz CT molecular complexity index is 637. The lowest BCUT2D eigenvalue weighted by molar-refractivity contribution is 0.544. The standard InChI is InChI=1S/C18H20FN/c1-3-5-10-18(20-13-4-2)16-11-12-17(19)15-9-7-6-8-14(15)16/h6-9,11-12,18,20H,4,10,13H2,1-2H3. The predicted octanol–water partition coefficient (Wildman–Crippen LogP) is 4.43. The van der Waals surface area contributed by atoms with Crippen LogP contribution in [0.25, 0.3) is 10.8 Å². The predicted molar refractivity (Wildman–Crippen MR) is 83.0 cm³/mol. The van der Waals surface area contributed by atoms with Gasteiger partial charge in [0.25, 0.3) is 0 Å². The third-order valence-electron chi connectivity index (χ3n) is 3.40. The van der Waals surface area contributed by atoms with Gasteiger partial charge in [0.1, 0.15) is 5.82 Å². The molecule has 0 aliphatic heterocycles. The van der Waals surface area contributed by atoms with Crippen LogP contribution in [-0.2, 0) is 0 Å². The Morgan fingerprint density at radius 2 is 1.90 bits per heavy atom. The largest absolute Gasteiger partial charge is 0.309 e. The Morgan fingerprint density at radius 1 is 1.15 bits per heavy atom. The quantitative estimate of drug-likeness (QED) is 0.792. The fourth-order valence-corrected chi connectivity index (χ4v) is 2.40. The maximum absolute atomic E-state index is 13.9. The highest BCUT2D eigenvalue weighted by Gasteiger charge is 2.14. The maximum atomic E-state index is 13.9. The van der Waals surface area contributed by atoms with Gasteiger partial charge in [-0.15, -0.1) is 11.8 Å². The molecular weight excluding hydrogens is 249 g/mol. The molecule has 2 aromatic carbocycles. The molecule has 0 bridgehead atoms. The molecule has 0 aromatic heterocycles. The van der Waals surface area contributed by atoms with Gasteiger partial charge < -0.3 is 5.32 Å². The van der Waals surface area contributed by atoms with Gasteiger partial charge in [-0.1, -0.05) is 37.3 Å². The van der Waals surface area contributed by atoms with Gasteiger partial charge in [0.05, 0.1) is 0 Å². The first-order valence-electron chi connectivity index (χ1n) is 7.08. The number of benzene rings is 2. The fraction of sp³-hybridized carbons (Fsp3) is 0.333. The summed E-state index contributed by atoms with van der Waals surface area (Å²) in [5.74, 6) is 5.90. The molecule has 104 valence electrons. The van der Waals surface area contributed by atoms with Crippen LogP contribution >= 0.6 is 0 Å². The Balaban J connectivity index is 2.45. The summed E-state index contributed by atoms with van der Waals surface area (Å²) in [7, 11) is 0. The van der Waals surface area contributed by atoms with Crippen molar-refractivity contribution in [2.45, 2.75) is 32.7 Å². The molecule has 0 aliphatic carbocycles. The van der Waals surface area contributed by atoms with Crippen molar-refractivity contribution in [1.29, 1.82) is 0 Å². The number of nitrogens with one attached hydrogen (secondary N) is 1. The zero-order valence-electron chi connectivity index (χ0n) is 12.0. The van der Waals surface area contributed by atoms with Gasteiger partial charge in [-0.25, -0.2) is 4.39 Å². The topological polar surface area (TPSA) is 12.0 Å². The lowest BCUT2D eigenvalue weighted by Crippen LogP contribution is -2.22. The van der Waals surface area contributed by atoms with Crippen LogP contribution < -0.4 is 5.32 Å². The summed E-state index contributed by atoms with van der Waals surface area (Å²) in [6, 6.07) is 11.2. The first-order chi connectivity index (χ1) is 9.77. The third-order valence-corrected chi connectivity index (χ3v) is 3.40. The summed E-state index contributed by atoms with van der Waals surface area (Å²) in [4.78, 5) is 0. The molecule has 0 fully saturated rings. The van der Waals surface area contributed by atoms with E-state index in [0.29, 0.717) is 5.39 Å². The maximum Gasteiger partial charge on any atom is 0.131 e. The van der Waals surface area contributed by atoms with Crippen molar-refractivity contribution in [2.75, 3.05) is 6.54 Å². The molecule has 1 nitrogen and oxygen atoms in total. The average molecular weight is 269 g/mol. The minimum atomic E-state index is -0.167. The zero-order valence-corrected chi connectivity index (χ0v) is 12.0. The minimum Gasteiger partial charge on any atom is -0.309 e. The van der Waals surface area contributed by atoms with E-state index in [9.17, 15) is 4.39 Å². The minimum absolute atomic E-state index is 0.146. The lowest BCUT2D eigenvalue weighted by atomic mass is 9.96. The summed E-state index contributed by atoms with van der Waals surface area (Å²) < 4.78 is 13.9. The second-order valence-corrected chi connectivity index (χ2v) is 4.82. The molecule has 0 saturated heterocycles. The van der Waals surface area contributed by atoms with Crippen molar-refractivity contribution in [2.24, 2.45) is 0 Å². The number of hydrogen-bond acceptors (Lipinski definition) is 1.